The molecule has 0 aliphatic carbocycles. The van der Waals surface area contributed by atoms with Crippen molar-refractivity contribution in [3.8, 4) is 0 Å². The first-order valence-corrected chi connectivity index (χ1v) is 8.24. The molecule has 11 heteroatoms. The second-order valence-electron chi connectivity index (χ2n) is 3.43. The Kier molecular flexibility index (Phi) is 4.53. The molecule has 1 amide bonds. The Labute approximate surface area is 114 Å². The molecule has 106 valence electrons. The van der Waals surface area contributed by atoms with E-state index < -0.39 is 41.6 Å². The third kappa shape index (κ3) is 4.14. The summed E-state index contributed by atoms with van der Waals surface area (Å²) in [6.45, 7) is 0. The molecule has 0 radical (unpaired) electrons. The molecule has 0 aliphatic heterocycles. The lowest BCUT2D eigenvalue weighted by atomic mass is 10.3. The number of primary sulfonamides is 2. The zero-order valence-electron chi connectivity index (χ0n) is 9.33. The van der Waals surface area contributed by atoms with E-state index >= 15 is 0 Å². The number of nitrogens with one attached hydrogen (secondary N) is 1. The summed E-state index contributed by atoms with van der Waals surface area (Å²) >= 11 is 5.26. The summed E-state index contributed by atoms with van der Waals surface area (Å²) in [5.41, 5.74) is -0.180. The second-order valence-corrected chi connectivity index (χ2v) is 6.79. The van der Waals surface area contributed by atoms with Gasteiger partial charge in [0.25, 0.3) is 0 Å². The van der Waals surface area contributed by atoms with Gasteiger partial charge in [0.15, 0.2) is 0 Å². The Morgan fingerprint density at radius 2 is 1.74 bits per heavy atom. The Morgan fingerprint density at radius 3 is 2.16 bits per heavy atom. The van der Waals surface area contributed by atoms with Crippen LogP contribution in [0.15, 0.2) is 28.0 Å². The third-order valence-electron chi connectivity index (χ3n) is 1.98. The summed E-state index contributed by atoms with van der Waals surface area (Å²) in [4.78, 5) is 10.1. The number of hydrogen-bond donors (Lipinski definition) is 3. The van der Waals surface area contributed by atoms with E-state index in [9.17, 15) is 21.6 Å². The zero-order valence-corrected chi connectivity index (χ0v) is 11.7. The molecule has 8 nitrogen and oxygen atoms in total. The van der Waals surface area contributed by atoms with Crippen molar-refractivity contribution in [3.05, 3.63) is 18.2 Å². The van der Waals surface area contributed by atoms with Crippen molar-refractivity contribution in [2.45, 2.75) is 9.79 Å². The van der Waals surface area contributed by atoms with Crippen LogP contribution in [0.2, 0.25) is 0 Å². The molecule has 0 saturated heterocycles. The quantitative estimate of drug-likeness (QED) is 0.616. The molecule has 0 heterocycles. The Hall–Kier alpha value is -1.20. The number of carbonyl (C=O) groups is 1. The average molecular weight is 328 g/mol. The van der Waals surface area contributed by atoms with Gasteiger partial charge in [0.1, 0.15) is 10.8 Å². The zero-order chi connectivity index (χ0) is 14.8. The van der Waals surface area contributed by atoms with Gasteiger partial charge in [-0.1, -0.05) is 0 Å². The van der Waals surface area contributed by atoms with Gasteiger partial charge in [0.05, 0.1) is 10.6 Å². The van der Waals surface area contributed by atoms with E-state index in [4.69, 9.17) is 21.9 Å². The molecule has 19 heavy (non-hydrogen) atoms. The van der Waals surface area contributed by atoms with Gasteiger partial charge in [-0.3, -0.25) is 4.79 Å². The van der Waals surface area contributed by atoms with Crippen molar-refractivity contribution >= 4 is 43.2 Å². The fourth-order valence-electron chi connectivity index (χ4n) is 1.20. The number of hydrogen-bond acceptors (Lipinski definition) is 5. The van der Waals surface area contributed by atoms with E-state index in [0.717, 1.165) is 18.2 Å². The molecule has 0 aromatic heterocycles. The summed E-state index contributed by atoms with van der Waals surface area (Å²) in [5, 5.41) is 12.0. The van der Waals surface area contributed by atoms with E-state index in [1.54, 1.807) is 0 Å². The molecular formula is C8H10ClN3O5S2. The Morgan fingerprint density at radius 1 is 1.16 bits per heavy atom. The normalized spacial score (nSPS) is 12.2. The minimum absolute atomic E-state index is 0.180. The summed E-state index contributed by atoms with van der Waals surface area (Å²) < 4.78 is 45.0. The fourth-order valence-corrected chi connectivity index (χ4v) is 2.60. The lowest BCUT2D eigenvalue weighted by Gasteiger charge is -2.10. The summed E-state index contributed by atoms with van der Waals surface area (Å²) in [7, 11) is -8.34. The van der Waals surface area contributed by atoms with Crippen molar-refractivity contribution in [2.75, 3.05) is 11.2 Å². The van der Waals surface area contributed by atoms with Gasteiger partial charge >= 0.3 is 0 Å². The highest BCUT2D eigenvalue weighted by atomic mass is 35.5. The number of benzene rings is 1. The molecule has 0 atom stereocenters. The largest absolute Gasteiger partial charge is 0.324 e. The molecule has 1 aromatic carbocycles. The van der Waals surface area contributed by atoms with Crippen molar-refractivity contribution in [2.24, 2.45) is 10.3 Å². The van der Waals surface area contributed by atoms with Gasteiger partial charge in [-0.2, -0.15) is 0 Å². The van der Waals surface area contributed by atoms with Crippen LogP contribution in [-0.2, 0) is 24.8 Å². The van der Waals surface area contributed by atoms with Crippen molar-refractivity contribution in [1.82, 2.24) is 0 Å². The first-order valence-electron chi connectivity index (χ1n) is 4.61. The van der Waals surface area contributed by atoms with E-state index in [-0.39, 0.29) is 5.69 Å². The smallest absolute Gasteiger partial charge is 0.240 e. The molecule has 0 spiro atoms. The van der Waals surface area contributed by atoms with Gasteiger partial charge in [-0.05, 0) is 18.2 Å². The Balaban J connectivity index is 3.47. The van der Waals surface area contributed by atoms with Crippen LogP contribution >= 0.6 is 11.6 Å². The number of carbonyl (C=O) groups excluding carboxylic acids is 1. The monoisotopic (exact) mass is 327 g/mol. The Bertz CT molecular complexity index is 714. The molecule has 0 fully saturated rings. The maximum Gasteiger partial charge on any atom is 0.240 e. The van der Waals surface area contributed by atoms with E-state index in [2.05, 4.69) is 5.32 Å². The molecule has 0 aliphatic rings. The van der Waals surface area contributed by atoms with Gasteiger partial charge in [0, 0.05) is 0 Å². The number of anilines is 1. The van der Waals surface area contributed by atoms with Gasteiger partial charge in [0.2, 0.25) is 26.0 Å². The third-order valence-corrected chi connectivity index (χ3v) is 4.09. The molecule has 0 bridgehead atoms. The first-order chi connectivity index (χ1) is 8.55. The number of rotatable bonds is 4. The lowest BCUT2D eigenvalue weighted by Crippen LogP contribution is -2.20. The second kappa shape index (κ2) is 5.43. The summed E-state index contributed by atoms with van der Waals surface area (Å²) in [6.07, 6.45) is 0. The lowest BCUT2D eigenvalue weighted by molar-refractivity contribution is -0.113. The maximum absolute atomic E-state index is 11.4. The average Bonchev–Trinajstić information content (AvgIpc) is 2.26. The van der Waals surface area contributed by atoms with Crippen LogP contribution in [-0.4, -0.2) is 28.6 Å². The van der Waals surface area contributed by atoms with Crippen LogP contribution in [0.4, 0.5) is 5.69 Å². The van der Waals surface area contributed by atoms with E-state index in [1.807, 2.05) is 0 Å². The minimum atomic E-state index is -4.25. The number of nitrogens with two attached hydrogens (primary N) is 2. The number of alkyl halides is 1. The van der Waals surface area contributed by atoms with Gasteiger partial charge in [-0.15, -0.1) is 11.6 Å². The molecule has 0 saturated carbocycles. The van der Waals surface area contributed by atoms with E-state index in [1.165, 1.54) is 0 Å². The topological polar surface area (TPSA) is 149 Å². The predicted molar refractivity (Wildman–Crippen MR) is 68.5 cm³/mol. The number of amides is 1. The van der Waals surface area contributed by atoms with Crippen LogP contribution in [0.3, 0.4) is 0 Å². The van der Waals surface area contributed by atoms with Gasteiger partial charge in [-0.25, -0.2) is 27.1 Å². The summed E-state index contributed by atoms with van der Waals surface area (Å²) in [5.74, 6) is -1.07. The highest BCUT2D eigenvalue weighted by Gasteiger charge is 2.19. The predicted octanol–water partition coefficient (Wildman–Crippen LogP) is -0.841. The summed E-state index contributed by atoms with van der Waals surface area (Å²) in [6, 6.07) is 2.85. The SMILES string of the molecule is NS(=O)(=O)c1ccc(NC(=O)CCl)c(S(N)(=O)=O)c1. The molecule has 1 rings (SSSR count). The fraction of sp³-hybridized carbons (Fsp3) is 0.125. The minimum Gasteiger partial charge on any atom is -0.324 e. The van der Waals surface area contributed by atoms with Crippen LogP contribution in [0.5, 0.6) is 0 Å². The molecule has 5 N–H and O–H groups in total. The molecular weight excluding hydrogens is 318 g/mol. The van der Waals surface area contributed by atoms with Crippen LogP contribution in [0, 0.1) is 0 Å². The van der Waals surface area contributed by atoms with Crippen molar-refractivity contribution in [1.29, 1.82) is 0 Å². The van der Waals surface area contributed by atoms with E-state index in [0.29, 0.717) is 0 Å². The highest BCUT2D eigenvalue weighted by molar-refractivity contribution is 7.90. The first kappa shape index (κ1) is 15.9. The highest BCUT2D eigenvalue weighted by Crippen LogP contribution is 2.23. The van der Waals surface area contributed by atoms with Crippen molar-refractivity contribution in [3.63, 3.8) is 0 Å². The van der Waals surface area contributed by atoms with Gasteiger partial charge < -0.3 is 5.32 Å². The standard InChI is InChI=1S/C8H10ClN3O5S2/c9-4-8(13)12-6-2-1-5(18(10,14)15)3-7(6)19(11,16)17/h1-3H,4H2,(H,12,13)(H2,10,14,15)(H2,11,16,17). The molecule has 1 aromatic rings. The van der Waals surface area contributed by atoms with Crippen LogP contribution in [0.1, 0.15) is 0 Å². The maximum atomic E-state index is 11.4. The molecule has 0 unspecified atom stereocenters. The van der Waals surface area contributed by atoms with Crippen LogP contribution < -0.4 is 15.6 Å². The van der Waals surface area contributed by atoms with Crippen molar-refractivity contribution < 1.29 is 21.6 Å². The van der Waals surface area contributed by atoms with Crippen LogP contribution in [0.25, 0.3) is 0 Å². The number of sulfonamides is 2. The number of halogens is 1.